The van der Waals surface area contributed by atoms with Crippen molar-refractivity contribution in [2.24, 2.45) is 5.92 Å². The van der Waals surface area contributed by atoms with Gasteiger partial charge in [-0.05, 0) is 87.8 Å². The molecule has 6 aromatic carbocycles. The molecule has 1 N–H and O–H groups in total. The Morgan fingerprint density at radius 2 is 1.44 bits per heavy atom. The van der Waals surface area contributed by atoms with E-state index < -0.39 is 64.4 Å². The van der Waals surface area contributed by atoms with Gasteiger partial charge in [0.1, 0.15) is 36.5 Å². The van der Waals surface area contributed by atoms with Crippen LogP contribution in [0.25, 0.3) is 0 Å². The molecule has 0 aliphatic carbocycles. The maximum absolute atomic E-state index is 16.5. The average molecular weight is 945 g/mol. The van der Waals surface area contributed by atoms with E-state index in [-0.39, 0.29) is 44.3 Å². The SMILES string of the molecule is COc1cc2c(cc1OC)CN(C(=O)C1C3C(=O)OC(c4ccccc4)C(c4ccccc4)N3C(c3cccc(OCCO)c3)C13C(=O)N(C(=O)OCc1ccc([N+](=O)[O-])cc1)c1ccccc13)CC2. The molecular formula is C54H48N4O12. The second-order valence-electron chi connectivity index (χ2n) is 17.5. The Kier molecular flexibility index (Phi) is 12.3. The minimum absolute atomic E-state index is 0.0367. The molecule has 10 rings (SSSR count). The highest BCUT2D eigenvalue weighted by Crippen LogP contribution is 2.66. The Morgan fingerprint density at radius 1 is 0.786 bits per heavy atom. The Labute approximate surface area is 402 Å². The molecule has 4 heterocycles. The number of cyclic esters (lactones) is 1. The second-order valence-corrected chi connectivity index (χ2v) is 17.5. The number of aliphatic hydroxyl groups excluding tert-OH is 1. The minimum Gasteiger partial charge on any atom is -0.493 e. The third-order valence-electron chi connectivity index (χ3n) is 13.9. The number of nitro groups is 1. The monoisotopic (exact) mass is 944 g/mol. The van der Waals surface area contributed by atoms with Crippen LogP contribution in [-0.4, -0.2) is 83.7 Å². The zero-order valence-corrected chi connectivity index (χ0v) is 38.2. The Morgan fingerprint density at radius 3 is 2.13 bits per heavy atom. The van der Waals surface area contributed by atoms with Gasteiger partial charge in [-0.2, -0.15) is 0 Å². The maximum Gasteiger partial charge on any atom is 0.421 e. The van der Waals surface area contributed by atoms with Crippen LogP contribution in [0.3, 0.4) is 0 Å². The van der Waals surface area contributed by atoms with Gasteiger partial charge >= 0.3 is 12.1 Å². The van der Waals surface area contributed by atoms with Gasteiger partial charge < -0.3 is 33.7 Å². The fourth-order valence-electron chi connectivity index (χ4n) is 11.0. The number of imide groups is 1. The van der Waals surface area contributed by atoms with Gasteiger partial charge in [-0.3, -0.25) is 29.4 Å². The summed E-state index contributed by atoms with van der Waals surface area (Å²) in [5, 5.41) is 21.2. The summed E-state index contributed by atoms with van der Waals surface area (Å²) < 4.78 is 29.7. The van der Waals surface area contributed by atoms with E-state index in [1.807, 2.05) is 83.8 Å². The van der Waals surface area contributed by atoms with Crippen LogP contribution < -0.4 is 19.1 Å². The number of carbonyl (C=O) groups excluding carboxylic acids is 4. The molecule has 6 aromatic rings. The first-order valence-electron chi connectivity index (χ1n) is 22.9. The molecule has 356 valence electrons. The predicted octanol–water partition coefficient (Wildman–Crippen LogP) is 7.57. The zero-order chi connectivity index (χ0) is 48.7. The van der Waals surface area contributed by atoms with E-state index in [2.05, 4.69) is 0 Å². The Hall–Kier alpha value is -8.08. The lowest BCUT2D eigenvalue weighted by Crippen LogP contribution is -2.57. The summed E-state index contributed by atoms with van der Waals surface area (Å²) >= 11 is 0. The number of ether oxygens (including phenoxy) is 5. The van der Waals surface area contributed by atoms with Gasteiger partial charge in [-0.25, -0.2) is 9.69 Å². The van der Waals surface area contributed by atoms with Gasteiger partial charge in [0.25, 0.3) is 5.69 Å². The molecule has 0 bridgehead atoms. The van der Waals surface area contributed by atoms with Crippen molar-refractivity contribution in [2.75, 3.05) is 38.9 Å². The lowest BCUT2D eigenvalue weighted by Gasteiger charge is -2.46. The number of esters is 1. The number of morpholine rings is 1. The average Bonchev–Trinajstić information content (AvgIpc) is 3.86. The molecule has 4 aliphatic rings. The van der Waals surface area contributed by atoms with Gasteiger partial charge in [0.05, 0.1) is 49.4 Å². The molecule has 2 fully saturated rings. The van der Waals surface area contributed by atoms with Crippen LogP contribution in [0.2, 0.25) is 0 Å². The van der Waals surface area contributed by atoms with Gasteiger partial charge in [0.2, 0.25) is 11.8 Å². The molecule has 2 saturated heterocycles. The molecule has 6 unspecified atom stereocenters. The predicted molar refractivity (Wildman–Crippen MR) is 253 cm³/mol. The molecule has 0 aromatic heterocycles. The van der Waals surface area contributed by atoms with Crippen molar-refractivity contribution in [3.05, 3.63) is 195 Å². The first kappa shape index (κ1) is 45.7. The van der Waals surface area contributed by atoms with Crippen molar-refractivity contribution in [2.45, 2.75) is 49.2 Å². The number of anilines is 1. The van der Waals surface area contributed by atoms with Crippen molar-refractivity contribution >= 4 is 35.3 Å². The highest BCUT2D eigenvalue weighted by atomic mass is 16.6. The number of nitro benzene ring substituents is 1. The molecule has 0 radical (unpaired) electrons. The van der Waals surface area contributed by atoms with E-state index in [9.17, 15) is 20.0 Å². The smallest absolute Gasteiger partial charge is 0.421 e. The number of hydrogen-bond acceptors (Lipinski definition) is 13. The lowest BCUT2D eigenvalue weighted by molar-refractivity contribution is -0.384. The largest absolute Gasteiger partial charge is 0.493 e. The normalized spacial score (nSPS) is 22.4. The second kappa shape index (κ2) is 18.8. The van der Waals surface area contributed by atoms with E-state index in [0.29, 0.717) is 45.9 Å². The highest BCUT2D eigenvalue weighted by molar-refractivity contribution is 6.23. The van der Waals surface area contributed by atoms with Crippen LogP contribution in [-0.2, 0) is 48.8 Å². The van der Waals surface area contributed by atoms with Crippen molar-refractivity contribution in [3.8, 4) is 17.2 Å². The molecule has 70 heavy (non-hydrogen) atoms. The summed E-state index contributed by atoms with van der Waals surface area (Å²) in [6, 6.07) is 38.4. The number of amides is 3. The summed E-state index contributed by atoms with van der Waals surface area (Å²) in [5.41, 5.74) is 2.35. The quantitative estimate of drug-likeness (QED) is 0.0720. The lowest BCUT2D eigenvalue weighted by atomic mass is 9.65. The number of benzene rings is 6. The number of hydrogen-bond donors (Lipinski definition) is 1. The minimum atomic E-state index is -2.03. The molecule has 4 aliphatic heterocycles. The van der Waals surface area contributed by atoms with Crippen molar-refractivity contribution < 1.29 is 52.9 Å². The third kappa shape index (κ3) is 7.65. The maximum atomic E-state index is 16.5. The van der Waals surface area contributed by atoms with Crippen LogP contribution in [0.15, 0.2) is 146 Å². The molecule has 1 spiro atoms. The van der Waals surface area contributed by atoms with Crippen LogP contribution in [0.4, 0.5) is 16.2 Å². The number of fused-ring (bicyclic) bond motifs is 4. The van der Waals surface area contributed by atoms with E-state index in [1.54, 1.807) is 54.5 Å². The fraction of sp³-hybridized carbons (Fsp3) is 0.259. The Bertz CT molecular complexity index is 2990. The number of aliphatic hydroxyl groups is 1. The summed E-state index contributed by atoms with van der Waals surface area (Å²) in [4.78, 5) is 78.5. The van der Waals surface area contributed by atoms with Gasteiger partial charge in [0, 0.05) is 25.2 Å². The number of rotatable bonds is 12. The molecule has 6 atom stereocenters. The number of methoxy groups -OCH3 is 2. The fourth-order valence-corrected chi connectivity index (χ4v) is 11.0. The first-order chi connectivity index (χ1) is 34.1. The van der Waals surface area contributed by atoms with Crippen LogP contribution in [0.1, 0.15) is 57.1 Å². The number of carbonyl (C=O) groups is 4. The van der Waals surface area contributed by atoms with Crippen molar-refractivity contribution in [1.29, 1.82) is 0 Å². The zero-order valence-electron chi connectivity index (χ0n) is 38.2. The van der Waals surface area contributed by atoms with E-state index in [1.165, 1.54) is 31.4 Å². The van der Waals surface area contributed by atoms with E-state index >= 15 is 14.4 Å². The van der Waals surface area contributed by atoms with E-state index in [0.717, 1.165) is 21.6 Å². The standard InChI is InChI=1S/C54H48N4O12/c1-66-43-29-36-24-25-55(31-38(36)30-44(43)67-2)50(60)45-47-51(61)70-48(35-14-7-4-8-15-35)46(34-12-5-3-6-13-34)57(47)49(37-16-11-17-40(28-37)68-27-26-59)54(45)41-18-9-10-19-42(41)56(52(54)62)53(63)69-32-33-20-22-39(23-21-33)58(64)65/h3-23,28-30,45-49,59H,24-27,31-32H2,1-2H3. The first-order valence-corrected chi connectivity index (χ1v) is 22.9. The molecule has 16 heteroatoms. The van der Waals surface area contributed by atoms with E-state index in [4.69, 9.17) is 23.7 Å². The van der Waals surface area contributed by atoms with Gasteiger partial charge in [0.15, 0.2) is 11.5 Å². The van der Waals surface area contributed by atoms with Crippen molar-refractivity contribution in [3.63, 3.8) is 0 Å². The van der Waals surface area contributed by atoms with Crippen LogP contribution in [0, 0.1) is 16.0 Å². The summed E-state index contributed by atoms with van der Waals surface area (Å²) in [7, 11) is 3.09. The topological polar surface area (TPSA) is 188 Å². The van der Waals surface area contributed by atoms with Crippen LogP contribution in [0.5, 0.6) is 17.2 Å². The highest BCUT2D eigenvalue weighted by Gasteiger charge is 2.76. The molecule has 16 nitrogen and oxygen atoms in total. The number of para-hydroxylation sites is 1. The summed E-state index contributed by atoms with van der Waals surface area (Å²) in [6.45, 7) is -0.336. The summed E-state index contributed by atoms with van der Waals surface area (Å²) in [5.74, 6) is -2.20. The number of non-ortho nitro benzene ring substituents is 1. The summed E-state index contributed by atoms with van der Waals surface area (Å²) in [6.07, 6.45) is -1.57. The molecule has 3 amide bonds. The third-order valence-corrected chi connectivity index (χ3v) is 13.9. The van der Waals surface area contributed by atoms with Crippen LogP contribution >= 0.6 is 0 Å². The van der Waals surface area contributed by atoms with Crippen molar-refractivity contribution in [1.82, 2.24) is 9.80 Å². The van der Waals surface area contributed by atoms with Gasteiger partial charge in [-0.1, -0.05) is 91.0 Å². The Balaban J connectivity index is 1.20. The molecular weight excluding hydrogens is 897 g/mol. The number of nitrogens with zero attached hydrogens (tertiary/aromatic N) is 4. The molecule has 0 saturated carbocycles. The van der Waals surface area contributed by atoms with Gasteiger partial charge in [-0.15, -0.1) is 0 Å².